The van der Waals surface area contributed by atoms with E-state index >= 15 is 0 Å². The molecule has 0 fully saturated rings. The van der Waals surface area contributed by atoms with Crippen LogP contribution in [0, 0.1) is 0 Å². The SMILES string of the molecule is CCCNC(c1ccccc1OC)C(C)(C)N(C)C. The second-order valence-electron chi connectivity index (χ2n) is 5.68. The van der Waals surface area contributed by atoms with Crippen molar-refractivity contribution in [1.29, 1.82) is 0 Å². The molecule has 1 N–H and O–H groups in total. The summed E-state index contributed by atoms with van der Waals surface area (Å²) in [4.78, 5) is 2.26. The van der Waals surface area contributed by atoms with Gasteiger partial charge < -0.3 is 15.0 Å². The normalized spacial score (nSPS) is 13.6. The Hall–Kier alpha value is -1.06. The summed E-state index contributed by atoms with van der Waals surface area (Å²) >= 11 is 0. The molecule has 19 heavy (non-hydrogen) atoms. The third-order valence-corrected chi connectivity index (χ3v) is 3.91. The van der Waals surface area contributed by atoms with E-state index in [4.69, 9.17) is 4.74 Å². The van der Waals surface area contributed by atoms with Gasteiger partial charge >= 0.3 is 0 Å². The molecule has 0 bridgehead atoms. The maximum Gasteiger partial charge on any atom is 0.123 e. The summed E-state index contributed by atoms with van der Waals surface area (Å²) in [5.74, 6) is 0.950. The van der Waals surface area contributed by atoms with Crippen molar-refractivity contribution in [2.45, 2.75) is 38.8 Å². The smallest absolute Gasteiger partial charge is 0.123 e. The van der Waals surface area contributed by atoms with E-state index in [0.717, 1.165) is 18.7 Å². The lowest BCUT2D eigenvalue weighted by atomic mass is 9.87. The second-order valence-corrected chi connectivity index (χ2v) is 5.68. The van der Waals surface area contributed by atoms with E-state index in [1.807, 2.05) is 12.1 Å². The molecule has 0 saturated heterocycles. The van der Waals surface area contributed by atoms with Crippen molar-refractivity contribution in [3.05, 3.63) is 29.8 Å². The number of nitrogens with zero attached hydrogens (tertiary/aromatic N) is 1. The first kappa shape index (κ1) is 16.0. The topological polar surface area (TPSA) is 24.5 Å². The lowest BCUT2D eigenvalue weighted by Crippen LogP contribution is -2.49. The number of ether oxygens (including phenoxy) is 1. The van der Waals surface area contributed by atoms with Gasteiger partial charge in [-0.1, -0.05) is 25.1 Å². The van der Waals surface area contributed by atoms with Crippen LogP contribution < -0.4 is 10.1 Å². The van der Waals surface area contributed by atoms with Crippen LogP contribution in [0.5, 0.6) is 5.75 Å². The molecular weight excluding hydrogens is 236 g/mol. The zero-order valence-corrected chi connectivity index (χ0v) is 13.2. The van der Waals surface area contributed by atoms with E-state index in [1.165, 1.54) is 5.56 Å². The summed E-state index contributed by atoms with van der Waals surface area (Å²) in [5.41, 5.74) is 1.22. The van der Waals surface area contributed by atoms with Gasteiger partial charge in [0.25, 0.3) is 0 Å². The van der Waals surface area contributed by atoms with Crippen molar-refractivity contribution in [1.82, 2.24) is 10.2 Å². The molecule has 0 amide bonds. The quantitative estimate of drug-likeness (QED) is 0.819. The molecule has 0 heterocycles. The summed E-state index contributed by atoms with van der Waals surface area (Å²) in [6, 6.07) is 8.50. The van der Waals surface area contributed by atoms with Crippen molar-refractivity contribution < 1.29 is 4.74 Å². The molecule has 3 nitrogen and oxygen atoms in total. The summed E-state index contributed by atoms with van der Waals surface area (Å²) in [6.45, 7) is 7.70. The van der Waals surface area contributed by atoms with Gasteiger partial charge in [0.2, 0.25) is 0 Å². The van der Waals surface area contributed by atoms with E-state index in [2.05, 4.69) is 57.2 Å². The molecule has 0 spiro atoms. The molecule has 0 saturated carbocycles. The molecule has 0 aromatic heterocycles. The lowest BCUT2D eigenvalue weighted by molar-refractivity contribution is 0.136. The van der Waals surface area contributed by atoms with Gasteiger partial charge in [0.1, 0.15) is 5.75 Å². The second kappa shape index (κ2) is 6.92. The number of hydrogen-bond acceptors (Lipinski definition) is 3. The molecule has 1 aromatic rings. The highest BCUT2D eigenvalue weighted by Crippen LogP contribution is 2.34. The Bertz CT molecular complexity index is 388. The van der Waals surface area contributed by atoms with Gasteiger partial charge in [-0.15, -0.1) is 0 Å². The number of benzene rings is 1. The molecule has 1 rings (SSSR count). The van der Waals surface area contributed by atoms with E-state index in [0.29, 0.717) is 0 Å². The molecular formula is C16H28N2O. The molecule has 1 unspecified atom stereocenters. The Morgan fingerprint density at radius 1 is 1.26 bits per heavy atom. The number of likely N-dealkylation sites (N-methyl/N-ethyl adjacent to an activating group) is 1. The van der Waals surface area contributed by atoms with Crippen LogP contribution in [-0.4, -0.2) is 38.2 Å². The van der Waals surface area contributed by atoms with Crippen LogP contribution in [-0.2, 0) is 0 Å². The minimum absolute atomic E-state index is 0.00377. The average molecular weight is 264 g/mol. The monoisotopic (exact) mass is 264 g/mol. The number of methoxy groups -OCH3 is 1. The van der Waals surface area contributed by atoms with Gasteiger partial charge in [-0.3, -0.25) is 0 Å². The van der Waals surface area contributed by atoms with Gasteiger partial charge in [0, 0.05) is 11.1 Å². The van der Waals surface area contributed by atoms with Gasteiger partial charge in [-0.25, -0.2) is 0 Å². The zero-order chi connectivity index (χ0) is 14.5. The first-order valence-electron chi connectivity index (χ1n) is 6.98. The molecule has 0 aliphatic heterocycles. The van der Waals surface area contributed by atoms with E-state index in [9.17, 15) is 0 Å². The Morgan fingerprint density at radius 3 is 2.42 bits per heavy atom. The number of hydrogen-bond donors (Lipinski definition) is 1. The van der Waals surface area contributed by atoms with E-state index in [-0.39, 0.29) is 11.6 Å². The highest BCUT2D eigenvalue weighted by molar-refractivity contribution is 5.37. The summed E-state index contributed by atoms with van der Waals surface area (Å²) in [7, 11) is 5.98. The Morgan fingerprint density at radius 2 is 1.89 bits per heavy atom. The number of para-hydroxylation sites is 1. The summed E-state index contributed by atoms with van der Waals surface area (Å²) < 4.78 is 5.52. The molecule has 1 atom stereocenters. The molecule has 0 aliphatic carbocycles. The highest BCUT2D eigenvalue weighted by atomic mass is 16.5. The fourth-order valence-electron chi connectivity index (χ4n) is 2.19. The lowest BCUT2D eigenvalue weighted by Gasteiger charge is -2.41. The fourth-order valence-corrected chi connectivity index (χ4v) is 2.19. The van der Waals surface area contributed by atoms with Crippen LogP contribution in [0.15, 0.2) is 24.3 Å². The van der Waals surface area contributed by atoms with Crippen LogP contribution in [0.4, 0.5) is 0 Å². The maximum absolute atomic E-state index is 5.52. The van der Waals surface area contributed by atoms with Crippen molar-refractivity contribution >= 4 is 0 Å². The third-order valence-electron chi connectivity index (χ3n) is 3.91. The van der Waals surface area contributed by atoms with Crippen molar-refractivity contribution in [3.8, 4) is 5.75 Å². The van der Waals surface area contributed by atoms with Crippen LogP contribution in [0.3, 0.4) is 0 Å². The predicted molar refractivity (Wildman–Crippen MR) is 81.8 cm³/mol. The van der Waals surface area contributed by atoms with Crippen molar-refractivity contribution in [2.75, 3.05) is 27.7 Å². The minimum atomic E-state index is 0.00377. The van der Waals surface area contributed by atoms with Gasteiger partial charge in [-0.2, -0.15) is 0 Å². The minimum Gasteiger partial charge on any atom is -0.496 e. The number of nitrogens with one attached hydrogen (secondary N) is 1. The Kier molecular flexibility index (Phi) is 5.83. The highest BCUT2D eigenvalue weighted by Gasteiger charge is 2.33. The van der Waals surface area contributed by atoms with Crippen molar-refractivity contribution in [2.24, 2.45) is 0 Å². The zero-order valence-electron chi connectivity index (χ0n) is 13.2. The Labute approximate surface area is 118 Å². The standard InChI is InChI=1S/C16H28N2O/c1-7-12-17-15(16(2,3)18(4)5)13-10-8-9-11-14(13)19-6/h8-11,15,17H,7,12H2,1-6H3. The van der Waals surface area contributed by atoms with Crippen LogP contribution in [0.1, 0.15) is 38.8 Å². The molecule has 108 valence electrons. The van der Waals surface area contributed by atoms with Crippen LogP contribution in [0.2, 0.25) is 0 Å². The fraction of sp³-hybridized carbons (Fsp3) is 0.625. The first-order chi connectivity index (χ1) is 8.95. The van der Waals surface area contributed by atoms with Gasteiger partial charge in [0.15, 0.2) is 0 Å². The molecule has 0 aliphatic rings. The number of rotatable bonds is 7. The molecule has 1 aromatic carbocycles. The van der Waals surface area contributed by atoms with Gasteiger partial charge in [-0.05, 0) is 47.0 Å². The van der Waals surface area contributed by atoms with Gasteiger partial charge in [0.05, 0.1) is 13.2 Å². The summed E-state index contributed by atoms with van der Waals surface area (Å²) in [6.07, 6.45) is 1.12. The average Bonchev–Trinajstić information content (AvgIpc) is 2.39. The predicted octanol–water partition coefficient (Wildman–Crippen LogP) is 3.08. The maximum atomic E-state index is 5.52. The van der Waals surface area contributed by atoms with E-state index < -0.39 is 0 Å². The third kappa shape index (κ3) is 3.71. The van der Waals surface area contributed by atoms with Crippen LogP contribution >= 0.6 is 0 Å². The first-order valence-corrected chi connectivity index (χ1v) is 6.98. The molecule has 0 radical (unpaired) electrons. The van der Waals surface area contributed by atoms with Crippen molar-refractivity contribution in [3.63, 3.8) is 0 Å². The van der Waals surface area contributed by atoms with E-state index in [1.54, 1.807) is 7.11 Å². The largest absolute Gasteiger partial charge is 0.496 e. The van der Waals surface area contributed by atoms with Crippen LogP contribution in [0.25, 0.3) is 0 Å². The Balaban J connectivity index is 3.16. The molecule has 3 heteroatoms. The summed E-state index contributed by atoms with van der Waals surface area (Å²) in [5, 5.41) is 3.66.